The number of aromatic nitrogens is 3. The normalized spacial score (nSPS) is 10.6. The Kier molecular flexibility index (Phi) is 3.61. The van der Waals surface area contributed by atoms with E-state index in [9.17, 15) is 4.79 Å². The van der Waals surface area contributed by atoms with Gasteiger partial charge in [-0.25, -0.2) is 4.98 Å². The molecular weight excluding hydrogens is 250 g/mol. The molecule has 0 spiro atoms. The van der Waals surface area contributed by atoms with Crippen molar-refractivity contribution in [2.45, 2.75) is 13.3 Å². The molecule has 2 aromatic heterocycles. The van der Waals surface area contributed by atoms with Gasteiger partial charge in [-0.1, -0.05) is 11.3 Å². The Hall–Kier alpha value is -1.89. The molecule has 2 rings (SSSR count). The first kappa shape index (κ1) is 12.6. The second-order valence-corrected chi connectivity index (χ2v) is 4.95. The number of aryl methyl sites for hydroxylation is 2. The van der Waals surface area contributed by atoms with Crippen LogP contribution in [0.1, 0.15) is 21.1 Å². The Bertz CT molecular complexity index is 560. The molecule has 0 unspecified atom stereocenters. The maximum atomic E-state index is 11.9. The van der Waals surface area contributed by atoms with E-state index in [1.54, 1.807) is 17.8 Å². The zero-order chi connectivity index (χ0) is 13.1. The van der Waals surface area contributed by atoms with Crippen LogP contribution in [0.2, 0.25) is 0 Å². The zero-order valence-electron chi connectivity index (χ0n) is 10.3. The van der Waals surface area contributed by atoms with Gasteiger partial charge in [0.2, 0.25) is 0 Å². The molecule has 2 heterocycles. The van der Waals surface area contributed by atoms with Crippen LogP contribution in [-0.4, -0.2) is 27.2 Å². The van der Waals surface area contributed by atoms with Crippen molar-refractivity contribution in [1.82, 2.24) is 20.1 Å². The summed E-state index contributed by atoms with van der Waals surface area (Å²) in [6, 6.07) is 1.93. The number of thiazole rings is 1. The Balaban J connectivity index is 1.89. The molecule has 0 aliphatic rings. The summed E-state index contributed by atoms with van der Waals surface area (Å²) in [5, 5.41) is 7.34. The van der Waals surface area contributed by atoms with Crippen LogP contribution in [0, 0.1) is 6.92 Å². The lowest BCUT2D eigenvalue weighted by Crippen LogP contribution is -2.26. The highest BCUT2D eigenvalue weighted by atomic mass is 32.1. The van der Waals surface area contributed by atoms with Crippen molar-refractivity contribution < 1.29 is 4.79 Å². The molecule has 18 heavy (non-hydrogen) atoms. The minimum Gasteiger partial charge on any atom is -0.375 e. The smallest absolute Gasteiger partial charge is 0.263 e. The average Bonchev–Trinajstić information content (AvgIpc) is 2.85. The number of nitrogens with two attached hydrogens (primary N) is 1. The van der Waals surface area contributed by atoms with Gasteiger partial charge in [0.25, 0.3) is 5.91 Å². The number of rotatable bonds is 4. The van der Waals surface area contributed by atoms with Crippen molar-refractivity contribution in [2.75, 3.05) is 12.3 Å². The molecule has 0 bridgehead atoms. The first-order chi connectivity index (χ1) is 8.58. The van der Waals surface area contributed by atoms with Gasteiger partial charge in [-0.05, 0) is 13.0 Å². The molecule has 1 amide bonds. The van der Waals surface area contributed by atoms with Crippen LogP contribution in [0.4, 0.5) is 5.13 Å². The standard InChI is InChI=1S/C11H15N5OS/c1-7-9(18-11(12)15-7)10(17)13-5-3-8-4-6-14-16(8)2/h4,6H,3,5H2,1-2H3,(H2,12,15)(H,13,17). The van der Waals surface area contributed by atoms with E-state index in [0.29, 0.717) is 22.2 Å². The summed E-state index contributed by atoms with van der Waals surface area (Å²) in [5.74, 6) is -0.121. The van der Waals surface area contributed by atoms with Crippen LogP contribution in [0.25, 0.3) is 0 Å². The van der Waals surface area contributed by atoms with Gasteiger partial charge in [0.1, 0.15) is 4.88 Å². The lowest BCUT2D eigenvalue weighted by molar-refractivity contribution is 0.0957. The van der Waals surface area contributed by atoms with Gasteiger partial charge in [-0.2, -0.15) is 5.10 Å². The Morgan fingerprint density at radius 1 is 1.61 bits per heavy atom. The second kappa shape index (κ2) is 5.18. The van der Waals surface area contributed by atoms with Gasteiger partial charge < -0.3 is 11.1 Å². The first-order valence-electron chi connectivity index (χ1n) is 5.56. The number of carbonyl (C=O) groups excluding carboxylic acids is 1. The Morgan fingerprint density at radius 3 is 2.94 bits per heavy atom. The third-order valence-electron chi connectivity index (χ3n) is 2.61. The molecule has 0 aliphatic carbocycles. The molecule has 6 nitrogen and oxygen atoms in total. The average molecular weight is 265 g/mol. The fourth-order valence-electron chi connectivity index (χ4n) is 1.66. The third-order valence-corrected chi connectivity index (χ3v) is 3.59. The number of hydrogen-bond acceptors (Lipinski definition) is 5. The van der Waals surface area contributed by atoms with E-state index in [-0.39, 0.29) is 5.91 Å². The maximum Gasteiger partial charge on any atom is 0.263 e. The zero-order valence-corrected chi connectivity index (χ0v) is 11.1. The minimum absolute atomic E-state index is 0.121. The number of carbonyl (C=O) groups is 1. The summed E-state index contributed by atoms with van der Waals surface area (Å²) in [6.07, 6.45) is 2.49. The number of nitrogens with one attached hydrogen (secondary N) is 1. The van der Waals surface area contributed by atoms with Gasteiger partial charge in [0.05, 0.1) is 5.69 Å². The number of amides is 1. The van der Waals surface area contributed by atoms with Gasteiger partial charge in [0, 0.05) is 31.9 Å². The van der Waals surface area contributed by atoms with Gasteiger partial charge in [-0.3, -0.25) is 9.48 Å². The van der Waals surface area contributed by atoms with E-state index in [0.717, 1.165) is 12.1 Å². The molecule has 0 aromatic carbocycles. The van der Waals surface area contributed by atoms with Crippen LogP contribution in [0.5, 0.6) is 0 Å². The van der Waals surface area contributed by atoms with Crippen LogP contribution >= 0.6 is 11.3 Å². The van der Waals surface area contributed by atoms with Crippen molar-refractivity contribution in [3.63, 3.8) is 0 Å². The topological polar surface area (TPSA) is 85.8 Å². The van der Waals surface area contributed by atoms with E-state index in [1.807, 2.05) is 13.1 Å². The predicted molar refractivity (Wildman–Crippen MR) is 70.5 cm³/mol. The summed E-state index contributed by atoms with van der Waals surface area (Å²) in [5.41, 5.74) is 7.31. The number of hydrogen-bond donors (Lipinski definition) is 2. The molecule has 0 saturated heterocycles. The maximum absolute atomic E-state index is 11.9. The van der Waals surface area contributed by atoms with Crippen molar-refractivity contribution in [2.24, 2.45) is 7.05 Å². The third kappa shape index (κ3) is 2.67. The van der Waals surface area contributed by atoms with Crippen molar-refractivity contribution >= 4 is 22.4 Å². The summed E-state index contributed by atoms with van der Waals surface area (Å²) >= 11 is 1.21. The van der Waals surface area contributed by atoms with Crippen LogP contribution in [0.15, 0.2) is 12.3 Å². The number of nitrogens with zero attached hydrogens (tertiary/aromatic N) is 3. The molecule has 0 atom stereocenters. The fraction of sp³-hybridized carbons (Fsp3) is 0.364. The number of nitrogen functional groups attached to an aromatic ring is 1. The van der Waals surface area contributed by atoms with E-state index in [4.69, 9.17) is 5.73 Å². The molecular formula is C11H15N5OS. The Labute approximate surface area is 109 Å². The fourth-order valence-corrected chi connectivity index (χ4v) is 2.41. The highest BCUT2D eigenvalue weighted by molar-refractivity contribution is 7.17. The highest BCUT2D eigenvalue weighted by Gasteiger charge is 2.13. The van der Waals surface area contributed by atoms with E-state index >= 15 is 0 Å². The largest absolute Gasteiger partial charge is 0.375 e. The predicted octanol–water partition coefficient (Wildman–Crippen LogP) is 0.740. The van der Waals surface area contributed by atoms with E-state index < -0.39 is 0 Å². The van der Waals surface area contributed by atoms with Gasteiger partial charge in [0.15, 0.2) is 5.13 Å². The molecule has 0 aliphatic heterocycles. The van der Waals surface area contributed by atoms with Crippen molar-refractivity contribution in [3.05, 3.63) is 28.5 Å². The molecule has 0 radical (unpaired) electrons. The van der Waals surface area contributed by atoms with E-state index in [2.05, 4.69) is 15.4 Å². The quantitative estimate of drug-likeness (QED) is 0.853. The second-order valence-electron chi connectivity index (χ2n) is 3.92. The molecule has 96 valence electrons. The molecule has 0 fully saturated rings. The molecule has 7 heteroatoms. The SMILES string of the molecule is Cc1nc(N)sc1C(=O)NCCc1ccnn1C. The molecule has 0 saturated carbocycles. The summed E-state index contributed by atoms with van der Waals surface area (Å²) in [7, 11) is 1.88. The Morgan fingerprint density at radius 2 is 2.39 bits per heavy atom. The molecule has 2 aromatic rings. The summed E-state index contributed by atoms with van der Waals surface area (Å²) in [4.78, 5) is 16.5. The minimum atomic E-state index is -0.121. The van der Waals surface area contributed by atoms with Gasteiger partial charge in [-0.15, -0.1) is 0 Å². The van der Waals surface area contributed by atoms with Crippen molar-refractivity contribution in [3.8, 4) is 0 Å². The summed E-state index contributed by atoms with van der Waals surface area (Å²) < 4.78 is 1.79. The van der Waals surface area contributed by atoms with Crippen LogP contribution in [0.3, 0.4) is 0 Å². The first-order valence-corrected chi connectivity index (χ1v) is 6.37. The number of anilines is 1. The van der Waals surface area contributed by atoms with Gasteiger partial charge >= 0.3 is 0 Å². The van der Waals surface area contributed by atoms with E-state index in [1.165, 1.54) is 11.3 Å². The monoisotopic (exact) mass is 265 g/mol. The van der Waals surface area contributed by atoms with Crippen molar-refractivity contribution in [1.29, 1.82) is 0 Å². The summed E-state index contributed by atoms with van der Waals surface area (Å²) in [6.45, 7) is 2.35. The highest BCUT2D eigenvalue weighted by Crippen LogP contribution is 2.19. The lowest BCUT2D eigenvalue weighted by Gasteiger charge is -2.04. The molecule has 3 N–H and O–H groups in total. The van der Waals surface area contributed by atoms with Crippen LogP contribution in [-0.2, 0) is 13.5 Å². The lowest BCUT2D eigenvalue weighted by atomic mass is 10.3. The van der Waals surface area contributed by atoms with Crippen LogP contribution < -0.4 is 11.1 Å².